The molecular weight excluding hydrogens is 377 g/mol. The van der Waals surface area contributed by atoms with Crippen LogP contribution in [-0.2, 0) is 0 Å². The Morgan fingerprint density at radius 3 is 2.14 bits per heavy atom. The van der Waals surface area contributed by atoms with Gasteiger partial charge in [0.15, 0.2) is 11.5 Å². The first kappa shape index (κ1) is 16.1. The van der Waals surface area contributed by atoms with E-state index in [1.54, 1.807) is 14.2 Å². The van der Waals surface area contributed by atoms with Crippen LogP contribution in [0.1, 0.15) is 24.1 Å². The zero-order valence-electron chi connectivity index (χ0n) is 12.5. The maximum absolute atomic E-state index is 5.41. The van der Waals surface area contributed by atoms with E-state index in [4.69, 9.17) is 9.47 Å². The highest BCUT2D eigenvalue weighted by molar-refractivity contribution is 14.1. The summed E-state index contributed by atoms with van der Waals surface area (Å²) in [7, 11) is 3.31. The average Bonchev–Trinajstić information content (AvgIpc) is 2.53. The summed E-state index contributed by atoms with van der Waals surface area (Å²) in [6, 6.07) is 14.8. The Morgan fingerprint density at radius 1 is 0.952 bits per heavy atom. The summed E-state index contributed by atoms with van der Waals surface area (Å²) in [6.07, 6.45) is 0. The first-order valence-corrected chi connectivity index (χ1v) is 7.98. The number of benzene rings is 2. The lowest BCUT2D eigenvalue weighted by atomic mass is 9.98. The van der Waals surface area contributed by atoms with Gasteiger partial charge < -0.3 is 14.8 Å². The zero-order valence-corrected chi connectivity index (χ0v) is 14.7. The lowest BCUT2D eigenvalue weighted by Gasteiger charge is -2.20. The van der Waals surface area contributed by atoms with E-state index >= 15 is 0 Å². The third-order valence-corrected chi connectivity index (χ3v) is 4.07. The standard InChI is InChI=1S/C17H20INO2/c1-4-19-17(12-5-8-14(18)9-6-12)13-7-10-15(20-2)16(11-13)21-3/h5-11,17,19H,4H2,1-3H3. The fourth-order valence-corrected chi connectivity index (χ4v) is 2.68. The molecule has 0 saturated carbocycles. The van der Waals surface area contributed by atoms with Gasteiger partial charge in [-0.25, -0.2) is 0 Å². The second kappa shape index (κ2) is 7.66. The van der Waals surface area contributed by atoms with E-state index in [1.807, 2.05) is 12.1 Å². The Bertz CT molecular complexity index is 584. The van der Waals surface area contributed by atoms with E-state index in [9.17, 15) is 0 Å². The number of ether oxygens (including phenoxy) is 2. The van der Waals surface area contributed by atoms with Gasteiger partial charge in [-0.15, -0.1) is 0 Å². The fraction of sp³-hybridized carbons (Fsp3) is 0.294. The number of hydrogen-bond donors (Lipinski definition) is 1. The number of hydrogen-bond acceptors (Lipinski definition) is 3. The van der Waals surface area contributed by atoms with E-state index < -0.39 is 0 Å². The van der Waals surface area contributed by atoms with Gasteiger partial charge in [0, 0.05) is 3.57 Å². The highest BCUT2D eigenvalue weighted by Gasteiger charge is 2.15. The molecule has 0 aliphatic carbocycles. The van der Waals surface area contributed by atoms with Crippen LogP contribution in [0.15, 0.2) is 42.5 Å². The smallest absolute Gasteiger partial charge is 0.161 e. The molecule has 2 aromatic carbocycles. The number of methoxy groups -OCH3 is 2. The predicted molar refractivity (Wildman–Crippen MR) is 94.2 cm³/mol. The molecule has 0 amide bonds. The molecule has 0 radical (unpaired) electrons. The van der Waals surface area contributed by atoms with E-state index in [2.05, 4.69) is 65.2 Å². The maximum Gasteiger partial charge on any atom is 0.161 e. The van der Waals surface area contributed by atoms with Crippen molar-refractivity contribution in [3.63, 3.8) is 0 Å². The Morgan fingerprint density at radius 2 is 1.57 bits per heavy atom. The van der Waals surface area contributed by atoms with Gasteiger partial charge in [0.05, 0.1) is 20.3 Å². The third-order valence-electron chi connectivity index (χ3n) is 3.35. The predicted octanol–water partition coefficient (Wildman–Crippen LogP) is 4.01. The van der Waals surface area contributed by atoms with Gasteiger partial charge in [-0.2, -0.15) is 0 Å². The molecule has 1 unspecified atom stereocenters. The minimum Gasteiger partial charge on any atom is -0.493 e. The van der Waals surface area contributed by atoms with Crippen molar-refractivity contribution in [1.82, 2.24) is 5.32 Å². The number of halogens is 1. The van der Waals surface area contributed by atoms with Crippen LogP contribution in [0.25, 0.3) is 0 Å². The summed E-state index contributed by atoms with van der Waals surface area (Å²) < 4.78 is 11.9. The van der Waals surface area contributed by atoms with Gasteiger partial charge in [0.1, 0.15) is 0 Å². The van der Waals surface area contributed by atoms with Crippen molar-refractivity contribution in [1.29, 1.82) is 0 Å². The topological polar surface area (TPSA) is 30.5 Å². The lowest BCUT2D eigenvalue weighted by molar-refractivity contribution is 0.354. The molecule has 1 N–H and O–H groups in total. The van der Waals surface area contributed by atoms with Crippen LogP contribution in [0.4, 0.5) is 0 Å². The van der Waals surface area contributed by atoms with E-state index in [0.717, 1.165) is 23.6 Å². The van der Waals surface area contributed by atoms with Gasteiger partial charge in [0.25, 0.3) is 0 Å². The van der Waals surface area contributed by atoms with Crippen LogP contribution >= 0.6 is 22.6 Å². The Kier molecular flexibility index (Phi) is 5.87. The van der Waals surface area contributed by atoms with Crippen LogP contribution in [0.3, 0.4) is 0 Å². The molecule has 3 nitrogen and oxygen atoms in total. The fourth-order valence-electron chi connectivity index (χ4n) is 2.32. The molecular formula is C17H20INO2. The average molecular weight is 397 g/mol. The summed E-state index contributed by atoms with van der Waals surface area (Å²) in [6.45, 7) is 3.01. The Balaban J connectivity index is 2.40. The first-order valence-electron chi connectivity index (χ1n) is 6.90. The molecule has 0 bridgehead atoms. The van der Waals surface area contributed by atoms with Crippen LogP contribution in [0.5, 0.6) is 11.5 Å². The van der Waals surface area contributed by atoms with Crippen molar-refractivity contribution < 1.29 is 9.47 Å². The molecule has 0 heterocycles. The van der Waals surface area contributed by atoms with E-state index in [0.29, 0.717) is 0 Å². The zero-order chi connectivity index (χ0) is 15.2. The van der Waals surface area contributed by atoms with Crippen molar-refractivity contribution in [2.75, 3.05) is 20.8 Å². The second-order valence-corrected chi connectivity index (χ2v) is 5.90. The molecule has 0 aromatic heterocycles. The van der Waals surface area contributed by atoms with Crippen LogP contribution in [-0.4, -0.2) is 20.8 Å². The molecule has 0 aliphatic heterocycles. The largest absolute Gasteiger partial charge is 0.493 e. The van der Waals surface area contributed by atoms with Gasteiger partial charge >= 0.3 is 0 Å². The first-order chi connectivity index (χ1) is 10.2. The molecule has 21 heavy (non-hydrogen) atoms. The van der Waals surface area contributed by atoms with Crippen molar-refractivity contribution in [2.24, 2.45) is 0 Å². The molecule has 2 aromatic rings. The van der Waals surface area contributed by atoms with Crippen molar-refractivity contribution >= 4 is 22.6 Å². The van der Waals surface area contributed by atoms with Crippen LogP contribution < -0.4 is 14.8 Å². The molecule has 1 atom stereocenters. The molecule has 0 fully saturated rings. The van der Waals surface area contributed by atoms with Crippen molar-refractivity contribution in [3.05, 3.63) is 57.2 Å². The molecule has 0 aliphatic rings. The third kappa shape index (κ3) is 3.89. The van der Waals surface area contributed by atoms with Gasteiger partial charge in [-0.3, -0.25) is 0 Å². The summed E-state index contributed by atoms with van der Waals surface area (Å²) in [4.78, 5) is 0. The van der Waals surface area contributed by atoms with Crippen LogP contribution in [0, 0.1) is 3.57 Å². The lowest BCUT2D eigenvalue weighted by Crippen LogP contribution is -2.22. The van der Waals surface area contributed by atoms with Gasteiger partial charge in [0.2, 0.25) is 0 Å². The Hall–Kier alpha value is -1.27. The quantitative estimate of drug-likeness (QED) is 0.748. The molecule has 112 valence electrons. The number of rotatable bonds is 6. The number of nitrogens with one attached hydrogen (secondary N) is 1. The van der Waals surface area contributed by atoms with Gasteiger partial charge in [-0.1, -0.05) is 25.1 Å². The van der Waals surface area contributed by atoms with Gasteiger partial charge in [-0.05, 0) is 64.5 Å². The summed E-state index contributed by atoms with van der Waals surface area (Å²) in [5.41, 5.74) is 2.40. The summed E-state index contributed by atoms with van der Waals surface area (Å²) >= 11 is 2.32. The SMILES string of the molecule is CCNC(c1ccc(I)cc1)c1ccc(OC)c(OC)c1. The molecule has 0 spiro atoms. The minimum absolute atomic E-state index is 0.145. The monoisotopic (exact) mass is 397 g/mol. The molecule has 2 rings (SSSR count). The second-order valence-electron chi connectivity index (χ2n) is 4.66. The van der Waals surface area contributed by atoms with E-state index in [1.165, 1.54) is 9.13 Å². The van der Waals surface area contributed by atoms with Crippen molar-refractivity contribution in [3.8, 4) is 11.5 Å². The summed E-state index contributed by atoms with van der Waals surface area (Å²) in [5, 5.41) is 3.52. The van der Waals surface area contributed by atoms with Crippen LogP contribution in [0.2, 0.25) is 0 Å². The maximum atomic E-state index is 5.41. The summed E-state index contributed by atoms with van der Waals surface area (Å²) in [5.74, 6) is 1.50. The highest BCUT2D eigenvalue weighted by Crippen LogP contribution is 2.32. The highest BCUT2D eigenvalue weighted by atomic mass is 127. The Labute approximate surface area is 139 Å². The van der Waals surface area contributed by atoms with Crippen molar-refractivity contribution in [2.45, 2.75) is 13.0 Å². The van der Waals surface area contributed by atoms with E-state index in [-0.39, 0.29) is 6.04 Å². The normalized spacial score (nSPS) is 12.0. The molecule has 0 saturated heterocycles. The molecule has 4 heteroatoms. The minimum atomic E-state index is 0.145.